The van der Waals surface area contributed by atoms with E-state index in [9.17, 15) is 8.42 Å². The summed E-state index contributed by atoms with van der Waals surface area (Å²) in [7, 11) is -3.64. The molecular weight excluding hydrogens is 368 g/mol. The average molecular weight is 379 g/mol. The van der Waals surface area contributed by atoms with Crippen LogP contribution in [0.4, 0.5) is 5.69 Å². The minimum absolute atomic E-state index is 0.189. The first-order chi connectivity index (χ1) is 10.6. The Bertz CT molecular complexity index is 875. The van der Waals surface area contributed by atoms with Crippen LogP contribution in [0.15, 0.2) is 74.9 Å². The number of nitrogens with one attached hydrogen (secondary N) is 1. The summed E-state index contributed by atoms with van der Waals surface area (Å²) in [6.45, 7) is 0. The molecule has 0 aliphatic carbocycles. The molecule has 0 aliphatic rings. The van der Waals surface area contributed by atoms with Crippen LogP contribution in [0.5, 0.6) is 0 Å². The van der Waals surface area contributed by atoms with Crippen LogP contribution in [0.1, 0.15) is 0 Å². The van der Waals surface area contributed by atoms with Crippen molar-refractivity contribution in [3.8, 4) is 11.3 Å². The summed E-state index contributed by atoms with van der Waals surface area (Å²) in [6, 6.07) is 13.5. The Morgan fingerprint density at radius 1 is 1.05 bits per heavy atom. The van der Waals surface area contributed by atoms with Crippen LogP contribution in [0.2, 0.25) is 0 Å². The summed E-state index contributed by atoms with van der Waals surface area (Å²) in [5.41, 5.74) is 1.29. The molecule has 5 nitrogen and oxygen atoms in total. The van der Waals surface area contributed by atoms with Crippen molar-refractivity contribution in [3.63, 3.8) is 0 Å². The highest BCUT2D eigenvalue weighted by Gasteiger charge is 2.17. The van der Waals surface area contributed by atoms with Crippen molar-refractivity contribution in [2.45, 2.75) is 4.90 Å². The Balaban J connectivity index is 1.86. The van der Waals surface area contributed by atoms with Gasteiger partial charge < -0.3 is 4.42 Å². The molecule has 0 amide bonds. The van der Waals surface area contributed by atoms with Crippen LogP contribution in [0.3, 0.4) is 0 Å². The molecule has 3 rings (SSSR count). The summed E-state index contributed by atoms with van der Waals surface area (Å²) in [4.78, 5) is 4.04. The highest BCUT2D eigenvalue weighted by Crippen LogP contribution is 2.25. The maximum atomic E-state index is 12.4. The Morgan fingerprint density at radius 2 is 1.77 bits per heavy atom. The largest absolute Gasteiger partial charge is 0.444 e. The number of aromatic nitrogens is 1. The first-order valence-electron chi connectivity index (χ1n) is 6.32. The van der Waals surface area contributed by atoms with Gasteiger partial charge in [-0.3, -0.25) is 4.72 Å². The lowest BCUT2D eigenvalue weighted by atomic mass is 10.2. The van der Waals surface area contributed by atoms with Crippen LogP contribution < -0.4 is 4.72 Å². The van der Waals surface area contributed by atoms with Crippen molar-refractivity contribution in [2.24, 2.45) is 0 Å². The Labute approximate surface area is 136 Å². The molecular formula is C15H11BrN2O3S. The molecule has 0 saturated heterocycles. The normalized spacial score (nSPS) is 11.3. The molecule has 3 aromatic rings. The number of hydrogen-bond donors (Lipinski definition) is 1. The molecule has 1 N–H and O–H groups in total. The van der Waals surface area contributed by atoms with Gasteiger partial charge in [-0.1, -0.05) is 12.1 Å². The molecule has 2 aromatic carbocycles. The average Bonchev–Trinajstić information content (AvgIpc) is 3.02. The number of halogens is 1. The van der Waals surface area contributed by atoms with Gasteiger partial charge in [0.15, 0.2) is 12.2 Å². The zero-order valence-electron chi connectivity index (χ0n) is 11.2. The van der Waals surface area contributed by atoms with Crippen molar-refractivity contribution in [2.75, 3.05) is 4.72 Å². The molecule has 0 spiro atoms. The molecule has 1 aromatic heterocycles. The van der Waals surface area contributed by atoms with E-state index in [2.05, 4.69) is 25.6 Å². The Morgan fingerprint density at radius 3 is 2.41 bits per heavy atom. The molecule has 1 heterocycles. The smallest absolute Gasteiger partial charge is 0.263 e. The Kier molecular flexibility index (Phi) is 4.00. The van der Waals surface area contributed by atoms with Gasteiger partial charge in [0, 0.05) is 15.7 Å². The number of benzene rings is 2. The fourth-order valence-electron chi connectivity index (χ4n) is 1.93. The predicted octanol–water partition coefficient (Wildman–Crippen LogP) is 3.90. The van der Waals surface area contributed by atoms with Crippen LogP contribution in [0.25, 0.3) is 11.3 Å². The highest BCUT2D eigenvalue weighted by molar-refractivity contribution is 9.10. The van der Waals surface area contributed by atoms with Crippen LogP contribution in [0, 0.1) is 0 Å². The van der Waals surface area contributed by atoms with Gasteiger partial charge in [-0.05, 0) is 52.3 Å². The minimum atomic E-state index is -3.64. The molecule has 0 radical (unpaired) electrons. The van der Waals surface area contributed by atoms with E-state index in [1.165, 1.54) is 12.5 Å². The van der Waals surface area contributed by atoms with E-state index in [4.69, 9.17) is 4.42 Å². The van der Waals surface area contributed by atoms with Gasteiger partial charge >= 0.3 is 0 Å². The summed E-state index contributed by atoms with van der Waals surface area (Å²) >= 11 is 3.24. The first-order valence-corrected chi connectivity index (χ1v) is 8.60. The number of hydrogen-bond acceptors (Lipinski definition) is 4. The van der Waals surface area contributed by atoms with Gasteiger partial charge in [-0.25, -0.2) is 13.4 Å². The van der Waals surface area contributed by atoms with E-state index in [0.29, 0.717) is 15.9 Å². The van der Waals surface area contributed by atoms with Crippen molar-refractivity contribution >= 4 is 31.6 Å². The van der Waals surface area contributed by atoms with Crippen LogP contribution in [-0.4, -0.2) is 13.4 Å². The maximum absolute atomic E-state index is 12.4. The van der Waals surface area contributed by atoms with E-state index < -0.39 is 10.0 Å². The monoisotopic (exact) mass is 378 g/mol. The summed E-state index contributed by atoms with van der Waals surface area (Å²) in [5, 5.41) is 0. The number of nitrogens with zero attached hydrogens (tertiary/aromatic N) is 1. The second-order valence-electron chi connectivity index (χ2n) is 4.48. The number of oxazole rings is 1. The van der Waals surface area contributed by atoms with Gasteiger partial charge in [0.2, 0.25) is 0 Å². The van der Waals surface area contributed by atoms with E-state index >= 15 is 0 Å². The standard InChI is InChI=1S/C15H11BrN2O3S/c16-13-3-1-2-4-15(13)22(19,20)18-12-7-5-11(6-8-12)14-9-17-10-21-14/h1-10,18H. The van der Waals surface area contributed by atoms with Crippen molar-refractivity contribution in [3.05, 3.63) is 65.6 Å². The van der Waals surface area contributed by atoms with Gasteiger partial charge in [-0.2, -0.15) is 0 Å². The summed E-state index contributed by atoms with van der Waals surface area (Å²) in [6.07, 6.45) is 2.94. The highest BCUT2D eigenvalue weighted by atomic mass is 79.9. The predicted molar refractivity (Wildman–Crippen MR) is 86.9 cm³/mol. The van der Waals surface area contributed by atoms with Crippen LogP contribution in [-0.2, 0) is 10.0 Å². The molecule has 0 saturated carbocycles. The van der Waals surface area contributed by atoms with Gasteiger partial charge in [0.1, 0.15) is 4.90 Å². The van der Waals surface area contributed by atoms with Crippen molar-refractivity contribution in [1.29, 1.82) is 0 Å². The fourth-order valence-corrected chi connectivity index (χ4v) is 4.00. The van der Waals surface area contributed by atoms with E-state index in [-0.39, 0.29) is 4.90 Å². The second-order valence-corrected chi connectivity index (χ2v) is 6.98. The van der Waals surface area contributed by atoms with E-state index in [1.54, 1.807) is 48.7 Å². The molecule has 0 atom stereocenters. The third-order valence-electron chi connectivity index (χ3n) is 2.98. The number of sulfonamides is 1. The summed E-state index contributed by atoms with van der Waals surface area (Å²) in [5.74, 6) is 0.625. The fraction of sp³-hybridized carbons (Fsp3) is 0. The number of anilines is 1. The zero-order chi connectivity index (χ0) is 15.6. The summed E-state index contributed by atoms with van der Waals surface area (Å²) < 4.78 is 33.0. The van der Waals surface area contributed by atoms with Crippen molar-refractivity contribution in [1.82, 2.24) is 4.98 Å². The first kappa shape index (κ1) is 14.8. The lowest BCUT2D eigenvalue weighted by molar-refractivity contribution is 0.572. The van der Waals surface area contributed by atoms with E-state index in [1.807, 2.05) is 0 Å². The molecule has 22 heavy (non-hydrogen) atoms. The zero-order valence-corrected chi connectivity index (χ0v) is 13.6. The lowest BCUT2D eigenvalue weighted by Gasteiger charge is -2.09. The Hall–Kier alpha value is -2.12. The van der Waals surface area contributed by atoms with Crippen LogP contribution >= 0.6 is 15.9 Å². The van der Waals surface area contributed by atoms with Gasteiger partial charge in [0.25, 0.3) is 10.0 Å². The van der Waals surface area contributed by atoms with E-state index in [0.717, 1.165) is 5.56 Å². The lowest BCUT2D eigenvalue weighted by Crippen LogP contribution is -2.13. The molecule has 0 bridgehead atoms. The molecule has 112 valence electrons. The third kappa shape index (κ3) is 3.05. The quantitative estimate of drug-likeness (QED) is 0.746. The van der Waals surface area contributed by atoms with Gasteiger partial charge in [0.05, 0.1) is 6.20 Å². The number of rotatable bonds is 4. The topological polar surface area (TPSA) is 72.2 Å². The molecule has 7 heteroatoms. The van der Waals surface area contributed by atoms with Crippen molar-refractivity contribution < 1.29 is 12.8 Å². The SMILES string of the molecule is O=S(=O)(Nc1ccc(-c2cnco2)cc1)c1ccccc1Br. The molecule has 0 aliphatic heterocycles. The second kappa shape index (κ2) is 5.94. The van der Waals surface area contributed by atoms with Gasteiger partial charge in [-0.15, -0.1) is 0 Å². The minimum Gasteiger partial charge on any atom is -0.444 e. The maximum Gasteiger partial charge on any atom is 0.263 e. The molecule has 0 unspecified atom stereocenters. The third-order valence-corrected chi connectivity index (χ3v) is 5.37. The molecule has 0 fully saturated rings.